The van der Waals surface area contributed by atoms with Gasteiger partial charge in [-0.3, -0.25) is 4.90 Å². The van der Waals surface area contributed by atoms with Crippen LogP contribution in [0.1, 0.15) is 47.0 Å². The van der Waals surface area contributed by atoms with E-state index >= 15 is 0 Å². The van der Waals surface area contributed by atoms with E-state index in [1.807, 2.05) is 0 Å². The summed E-state index contributed by atoms with van der Waals surface area (Å²) < 4.78 is 0. The molecule has 100 valence electrons. The minimum absolute atomic E-state index is 0.349. The van der Waals surface area contributed by atoms with Crippen molar-refractivity contribution in [2.45, 2.75) is 58.5 Å². The zero-order chi connectivity index (χ0) is 12.9. The van der Waals surface area contributed by atoms with Gasteiger partial charge in [-0.25, -0.2) is 0 Å². The Morgan fingerprint density at radius 3 is 2.53 bits per heavy atom. The molecule has 0 aliphatic carbocycles. The van der Waals surface area contributed by atoms with Crippen molar-refractivity contribution >= 4 is 0 Å². The molecule has 0 aromatic rings. The van der Waals surface area contributed by atoms with Crippen LogP contribution in [0.3, 0.4) is 0 Å². The maximum Gasteiger partial charge on any atom is 0.0332 e. The number of hydrogen-bond donors (Lipinski definition) is 1. The zero-order valence-corrected chi connectivity index (χ0v) is 12.1. The standard InChI is InChI=1S/C15H30N2/c1-6-9-17-11-14(10-13(4)5)16-12-15(17,7-2)8-3/h6,13-14,16H,1,7-12H2,2-5H3. The molecule has 2 nitrogen and oxygen atoms in total. The van der Waals surface area contributed by atoms with E-state index < -0.39 is 0 Å². The number of piperazine rings is 1. The second kappa shape index (κ2) is 6.55. The molecule has 1 aliphatic heterocycles. The number of rotatable bonds is 6. The van der Waals surface area contributed by atoms with E-state index in [0.717, 1.165) is 19.0 Å². The third-order valence-corrected chi connectivity index (χ3v) is 4.25. The predicted molar refractivity (Wildman–Crippen MR) is 76.3 cm³/mol. The fourth-order valence-corrected chi connectivity index (χ4v) is 3.07. The Kier molecular flexibility index (Phi) is 5.68. The van der Waals surface area contributed by atoms with Gasteiger partial charge in [-0.2, -0.15) is 0 Å². The Bertz CT molecular complexity index is 231. The summed E-state index contributed by atoms with van der Waals surface area (Å²) in [7, 11) is 0. The fourth-order valence-electron chi connectivity index (χ4n) is 3.07. The molecule has 0 radical (unpaired) electrons. The Hall–Kier alpha value is -0.340. The maximum atomic E-state index is 3.91. The van der Waals surface area contributed by atoms with Crippen molar-refractivity contribution in [1.82, 2.24) is 10.2 Å². The maximum absolute atomic E-state index is 3.91. The molecule has 1 fully saturated rings. The number of nitrogens with zero attached hydrogens (tertiary/aromatic N) is 1. The first kappa shape index (κ1) is 14.7. The van der Waals surface area contributed by atoms with Crippen LogP contribution in [-0.4, -0.2) is 36.1 Å². The summed E-state index contributed by atoms with van der Waals surface area (Å²) >= 11 is 0. The van der Waals surface area contributed by atoms with Crippen LogP contribution in [0, 0.1) is 5.92 Å². The summed E-state index contributed by atoms with van der Waals surface area (Å²) in [6, 6.07) is 0.654. The molecule has 1 rings (SSSR count). The molecule has 1 aliphatic rings. The van der Waals surface area contributed by atoms with Gasteiger partial charge in [-0.05, 0) is 25.2 Å². The van der Waals surface area contributed by atoms with Crippen LogP contribution in [0.4, 0.5) is 0 Å². The molecule has 0 aromatic heterocycles. The summed E-state index contributed by atoms with van der Waals surface area (Å²) in [6.45, 7) is 16.5. The van der Waals surface area contributed by atoms with Crippen molar-refractivity contribution in [2.24, 2.45) is 5.92 Å². The van der Waals surface area contributed by atoms with Crippen molar-refractivity contribution in [3.8, 4) is 0 Å². The van der Waals surface area contributed by atoms with Gasteiger partial charge in [0.25, 0.3) is 0 Å². The van der Waals surface area contributed by atoms with Crippen LogP contribution in [0.25, 0.3) is 0 Å². The highest BCUT2D eigenvalue weighted by Crippen LogP contribution is 2.28. The Morgan fingerprint density at radius 2 is 2.06 bits per heavy atom. The lowest BCUT2D eigenvalue weighted by molar-refractivity contribution is 0.0380. The predicted octanol–water partition coefficient (Wildman–Crippen LogP) is 3.05. The fraction of sp³-hybridized carbons (Fsp3) is 0.867. The summed E-state index contributed by atoms with van der Waals surface area (Å²) in [5.74, 6) is 0.772. The van der Waals surface area contributed by atoms with Gasteiger partial charge in [0.15, 0.2) is 0 Å². The van der Waals surface area contributed by atoms with Gasteiger partial charge in [0.05, 0.1) is 0 Å². The summed E-state index contributed by atoms with van der Waals surface area (Å²) in [6.07, 6.45) is 5.77. The highest BCUT2D eigenvalue weighted by atomic mass is 15.3. The quantitative estimate of drug-likeness (QED) is 0.716. The van der Waals surface area contributed by atoms with Crippen molar-refractivity contribution < 1.29 is 0 Å². The molecular weight excluding hydrogens is 208 g/mol. The number of hydrogen-bond acceptors (Lipinski definition) is 2. The topological polar surface area (TPSA) is 15.3 Å². The minimum Gasteiger partial charge on any atom is -0.311 e. The molecule has 0 amide bonds. The van der Waals surface area contributed by atoms with E-state index in [-0.39, 0.29) is 0 Å². The first-order chi connectivity index (χ1) is 8.07. The van der Waals surface area contributed by atoms with E-state index in [1.54, 1.807) is 0 Å². The molecule has 0 spiro atoms. The van der Waals surface area contributed by atoms with Crippen LogP contribution in [0.15, 0.2) is 12.7 Å². The van der Waals surface area contributed by atoms with Crippen LogP contribution >= 0.6 is 0 Å². The molecule has 1 saturated heterocycles. The molecule has 0 bridgehead atoms. The monoisotopic (exact) mass is 238 g/mol. The van der Waals surface area contributed by atoms with Gasteiger partial charge in [-0.1, -0.05) is 33.8 Å². The summed E-state index contributed by atoms with van der Waals surface area (Å²) in [5.41, 5.74) is 0.349. The Morgan fingerprint density at radius 1 is 1.41 bits per heavy atom. The Labute approximate surface area is 107 Å². The molecule has 2 heteroatoms. The van der Waals surface area contributed by atoms with Gasteiger partial charge < -0.3 is 5.32 Å². The van der Waals surface area contributed by atoms with Crippen molar-refractivity contribution in [1.29, 1.82) is 0 Å². The zero-order valence-electron chi connectivity index (χ0n) is 12.1. The lowest BCUT2D eigenvalue weighted by Crippen LogP contribution is -2.64. The molecular formula is C15H30N2. The minimum atomic E-state index is 0.349. The molecule has 1 heterocycles. The van der Waals surface area contributed by atoms with Crippen molar-refractivity contribution in [3.63, 3.8) is 0 Å². The van der Waals surface area contributed by atoms with E-state index in [4.69, 9.17) is 0 Å². The number of nitrogens with one attached hydrogen (secondary N) is 1. The smallest absolute Gasteiger partial charge is 0.0332 e. The third kappa shape index (κ3) is 3.56. The van der Waals surface area contributed by atoms with Gasteiger partial charge in [0.1, 0.15) is 0 Å². The molecule has 17 heavy (non-hydrogen) atoms. The van der Waals surface area contributed by atoms with Gasteiger partial charge in [0, 0.05) is 31.2 Å². The summed E-state index contributed by atoms with van der Waals surface area (Å²) in [5, 5.41) is 3.76. The second-order valence-electron chi connectivity index (χ2n) is 5.83. The van der Waals surface area contributed by atoms with E-state index in [9.17, 15) is 0 Å². The third-order valence-electron chi connectivity index (χ3n) is 4.25. The van der Waals surface area contributed by atoms with Crippen LogP contribution in [0.5, 0.6) is 0 Å². The molecule has 1 N–H and O–H groups in total. The normalized spacial score (nSPS) is 25.1. The first-order valence-electron chi connectivity index (χ1n) is 7.17. The SMILES string of the molecule is C=CCN1CC(CC(C)C)NCC1(CC)CC. The highest BCUT2D eigenvalue weighted by molar-refractivity contribution is 4.99. The largest absolute Gasteiger partial charge is 0.311 e. The molecule has 1 unspecified atom stereocenters. The first-order valence-corrected chi connectivity index (χ1v) is 7.17. The van der Waals surface area contributed by atoms with E-state index in [1.165, 1.54) is 25.8 Å². The summed E-state index contributed by atoms with van der Waals surface area (Å²) in [4.78, 5) is 2.64. The van der Waals surface area contributed by atoms with E-state index in [2.05, 4.69) is 50.6 Å². The molecule has 1 atom stereocenters. The van der Waals surface area contributed by atoms with Crippen molar-refractivity contribution in [2.75, 3.05) is 19.6 Å². The van der Waals surface area contributed by atoms with Crippen LogP contribution in [0.2, 0.25) is 0 Å². The second-order valence-corrected chi connectivity index (χ2v) is 5.83. The Balaban J connectivity index is 2.69. The lowest BCUT2D eigenvalue weighted by Gasteiger charge is -2.49. The van der Waals surface area contributed by atoms with Gasteiger partial charge >= 0.3 is 0 Å². The van der Waals surface area contributed by atoms with Gasteiger partial charge in [0.2, 0.25) is 0 Å². The van der Waals surface area contributed by atoms with Crippen molar-refractivity contribution in [3.05, 3.63) is 12.7 Å². The van der Waals surface area contributed by atoms with Crippen LogP contribution in [-0.2, 0) is 0 Å². The highest BCUT2D eigenvalue weighted by Gasteiger charge is 2.37. The average Bonchev–Trinajstić information content (AvgIpc) is 2.30. The average molecular weight is 238 g/mol. The lowest BCUT2D eigenvalue weighted by atomic mass is 9.86. The van der Waals surface area contributed by atoms with Gasteiger partial charge in [-0.15, -0.1) is 6.58 Å². The van der Waals surface area contributed by atoms with Crippen LogP contribution < -0.4 is 5.32 Å². The molecule has 0 saturated carbocycles. The van der Waals surface area contributed by atoms with E-state index in [0.29, 0.717) is 11.6 Å². The molecule has 0 aromatic carbocycles.